The summed E-state index contributed by atoms with van der Waals surface area (Å²) in [6, 6.07) is 5.06. The largest absolute Gasteiger partial charge is 0.345 e. The Morgan fingerprint density at radius 3 is 2.88 bits per heavy atom. The molecular formula is C15H13N5O3S2. The zero-order valence-electron chi connectivity index (χ0n) is 13.1. The second-order valence-corrected chi connectivity index (χ2v) is 8.26. The Labute approximate surface area is 146 Å². The Hall–Kier alpha value is -2.72. The van der Waals surface area contributed by atoms with Crippen LogP contribution in [0.5, 0.6) is 0 Å². The summed E-state index contributed by atoms with van der Waals surface area (Å²) in [6.45, 7) is 0.229. The number of nitrogens with zero attached hydrogens (tertiary/aromatic N) is 4. The average Bonchev–Trinajstić information content (AvgIpc) is 3.24. The number of carbonyl (C=O) groups is 1. The topological polar surface area (TPSA) is 97.8 Å². The average molecular weight is 375 g/mol. The first-order valence-corrected chi connectivity index (χ1v) is 10.1. The van der Waals surface area contributed by atoms with E-state index in [0.717, 1.165) is 11.2 Å². The number of fused-ring (bicyclic) bond motifs is 2. The fraction of sp³-hybridized carbons (Fsp3) is 0.133. The number of nitrogens with one attached hydrogen (secondary N) is 1. The number of imidazole rings is 2. The van der Waals surface area contributed by atoms with Crippen molar-refractivity contribution in [1.82, 2.24) is 24.1 Å². The van der Waals surface area contributed by atoms with Crippen molar-refractivity contribution in [2.24, 2.45) is 0 Å². The summed E-state index contributed by atoms with van der Waals surface area (Å²) in [5.74, 6) is -0.449. The lowest BCUT2D eigenvalue weighted by atomic mass is 10.3. The van der Waals surface area contributed by atoms with E-state index in [1.807, 2.05) is 22.2 Å². The lowest BCUT2D eigenvalue weighted by Gasteiger charge is -2.01. The summed E-state index contributed by atoms with van der Waals surface area (Å²) in [5, 5.41) is 4.51. The second-order valence-electron chi connectivity index (χ2n) is 5.48. The Balaban J connectivity index is 1.64. The number of hydrogen-bond donors (Lipinski definition) is 1. The molecule has 0 radical (unpaired) electrons. The van der Waals surface area contributed by atoms with E-state index in [4.69, 9.17) is 0 Å². The highest BCUT2D eigenvalue weighted by molar-refractivity contribution is 7.90. The van der Waals surface area contributed by atoms with Gasteiger partial charge in [0.2, 0.25) is 15.0 Å². The van der Waals surface area contributed by atoms with Crippen molar-refractivity contribution in [1.29, 1.82) is 0 Å². The van der Waals surface area contributed by atoms with Gasteiger partial charge in [-0.3, -0.25) is 13.6 Å². The third-order valence-electron chi connectivity index (χ3n) is 3.64. The minimum absolute atomic E-state index is 0.0713. The van der Waals surface area contributed by atoms with Gasteiger partial charge in [-0.05, 0) is 12.1 Å². The van der Waals surface area contributed by atoms with Crippen LogP contribution in [0, 0.1) is 0 Å². The number of hydrogen-bond acceptors (Lipinski definition) is 6. The Morgan fingerprint density at radius 1 is 1.28 bits per heavy atom. The van der Waals surface area contributed by atoms with Gasteiger partial charge in [0.05, 0.1) is 17.8 Å². The molecule has 10 heteroatoms. The van der Waals surface area contributed by atoms with Gasteiger partial charge in [0.15, 0.2) is 10.7 Å². The van der Waals surface area contributed by atoms with Crippen LogP contribution in [0.1, 0.15) is 16.2 Å². The number of aromatic nitrogens is 4. The molecule has 0 aliphatic heterocycles. The van der Waals surface area contributed by atoms with Gasteiger partial charge in [-0.1, -0.05) is 6.07 Å². The molecule has 8 nitrogen and oxygen atoms in total. The normalized spacial score (nSPS) is 12.0. The van der Waals surface area contributed by atoms with Gasteiger partial charge in [-0.15, -0.1) is 11.3 Å². The highest BCUT2D eigenvalue weighted by Crippen LogP contribution is 2.17. The molecular weight excluding hydrogens is 362 g/mol. The molecule has 0 saturated heterocycles. The third kappa shape index (κ3) is 2.79. The fourth-order valence-electron chi connectivity index (χ4n) is 2.55. The summed E-state index contributed by atoms with van der Waals surface area (Å²) in [4.78, 5) is 21.8. The van der Waals surface area contributed by atoms with Gasteiger partial charge >= 0.3 is 0 Å². The first-order chi connectivity index (χ1) is 11.9. The van der Waals surface area contributed by atoms with E-state index in [-0.39, 0.29) is 17.4 Å². The minimum atomic E-state index is -3.56. The number of sulfone groups is 1. The quantitative estimate of drug-likeness (QED) is 0.581. The maximum absolute atomic E-state index is 12.5. The summed E-state index contributed by atoms with van der Waals surface area (Å²) in [7, 11) is -3.56. The Bertz CT molecular complexity index is 1170. The molecule has 25 heavy (non-hydrogen) atoms. The summed E-state index contributed by atoms with van der Waals surface area (Å²) in [5.41, 5.74) is 1.22. The zero-order valence-corrected chi connectivity index (χ0v) is 14.7. The van der Waals surface area contributed by atoms with Crippen LogP contribution in [-0.4, -0.2) is 39.4 Å². The number of carbonyl (C=O) groups excluding carboxylic acids is 1. The Morgan fingerprint density at radius 2 is 2.12 bits per heavy atom. The first kappa shape index (κ1) is 15.8. The third-order valence-corrected chi connectivity index (χ3v) is 5.36. The number of rotatable bonds is 4. The molecule has 1 N–H and O–H groups in total. The molecule has 4 aromatic heterocycles. The molecule has 0 fully saturated rings. The van der Waals surface area contributed by atoms with Crippen LogP contribution < -0.4 is 5.32 Å². The monoisotopic (exact) mass is 375 g/mol. The van der Waals surface area contributed by atoms with Crippen molar-refractivity contribution in [3.63, 3.8) is 0 Å². The van der Waals surface area contributed by atoms with E-state index in [1.54, 1.807) is 24.4 Å². The molecule has 1 amide bonds. The zero-order chi connectivity index (χ0) is 17.6. The van der Waals surface area contributed by atoms with Crippen molar-refractivity contribution < 1.29 is 13.2 Å². The molecule has 0 atom stereocenters. The van der Waals surface area contributed by atoms with Crippen molar-refractivity contribution >= 4 is 37.6 Å². The van der Waals surface area contributed by atoms with Gasteiger partial charge in [-0.2, -0.15) is 0 Å². The smallest absolute Gasteiger partial charge is 0.272 e. The van der Waals surface area contributed by atoms with Crippen LogP contribution in [0.15, 0.2) is 47.3 Å². The van der Waals surface area contributed by atoms with Crippen molar-refractivity contribution in [2.75, 3.05) is 6.26 Å². The molecule has 0 bridgehead atoms. The van der Waals surface area contributed by atoms with E-state index in [0.29, 0.717) is 11.2 Å². The number of amides is 1. The Kier molecular flexibility index (Phi) is 3.58. The predicted octanol–water partition coefficient (Wildman–Crippen LogP) is 1.38. The van der Waals surface area contributed by atoms with E-state index in [1.165, 1.54) is 15.7 Å². The minimum Gasteiger partial charge on any atom is -0.345 e. The standard InChI is InChI=1S/C15H13N5O3S2/c1-25(22,23)15-18-12(11-4-2-3-5-20(11)15)13(21)16-8-10-9-19-6-7-24-14(19)17-10/h2-7,9H,8H2,1H3,(H,16,21). The second kappa shape index (κ2) is 5.67. The van der Waals surface area contributed by atoms with Crippen LogP contribution in [0.25, 0.3) is 10.5 Å². The summed E-state index contributed by atoms with van der Waals surface area (Å²) in [6.07, 6.45) is 6.35. The fourth-order valence-corrected chi connectivity index (χ4v) is 4.05. The van der Waals surface area contributed by atoms with Gasteiger partial charge in [-0.25, -0.2) is 18.4 Å². The van der Waals surface area contributed by atoms with Gasteiger partial charge < -0.3 is 5.32 Å². The molecule has 128 valence electrons. The molecule has 0 saturated carbocycles. The van der Waals surface area contributed by atoms with Crippen molar-refractivity contribution in [2.45, 2.75) is 11.7 Å². The van der Waals surface area contributed by atoms with Crippen LogP contribution in [-0.2, 0) is 16.4 Å². The van der Waals surface area contributed by atoms with E-state index in [9.17, 15) is 13.2 Å². The lowest BCUT2D eigenvalue weighted by molar-refractivity contribution is 0.0947. The molecule has 0 unspecified atom stereocenters. The van der Waals surface area contributed by atoms with Crippen molar-refractivity contribution in [3.8, 4) is 0 Å². The maximum Gasteiger partial charge on any atom is 0.272 e. The van der Waals surface area contributed by atoms with Crippen LogP contribution in [0.3, 0.4) is 0 Å². The molecule has 0 aliphatic rings. The SMILES string of the molecule is CS(=O)(=O)c1nc(C(=O)NCc2cn3ccsc3n2)c2ccccn12. The first-order valence-electron chi connectivity index (χ1n) is 7.30. The van der Waals surface area contributed by atoms with Gasteiger partial charge in [0, 0.05) is 30.2 Å². The number of pyridine rings is 1. The molecule has 4 rings (SSSR count). The van der Waals surface area contributed by atoms with E-state index >= 15 is 0 Å². The molecule has 0 aliphatic carbocycles. The predicted molar refractivity (Wildman–Crippen MR) is 92.5 cm³/mol. The molecule has 0 spiro atoms. The van der Waals surface area contributed by atoms with Crippen LogP contribution in [0.4, 0.5) is 0 Å². The summed E-state index contributed by atoms with van der Waals surface area (Å²) >= 11 is 1.50. The van der Waals surface area contributed by atoms with Crippen molar-refractivity contribution in [3.05, 3.63) is 53.6 Å². The van der Waals surface area contributed by atoms with Gasteiger partial charge in [0.1, 0.15) is 0 Å². The molecule has 4 aromatic rings. The highest BCUT2D eigenvalue weighted by atomic mass is 32.2. The van der Waals surface area contributed by atoms with Crippen LogP contribution in [0.2, 0.25) is 0 Å². The lowest BCUT2D eigenvalue weighted by Crippen LogP contribution is -2.23. The molecule has 0 aromatic carbocycles. The van der Waals surface area contributed by atoms with E-state index < -0.39 is 15.7 Å². The molecule has 4 heterocycles. The summed E-state index contributed by atoms with van der Waals surface area (Å²) < 4.78 is 27.1. The van der Waals surface area contributed by atoms with Gasteiger partial charge in [0.25, 0.3) is 5.91 Å². The number of thiazole rings is 1. The van der Waals surface area contributed by atoms with E-state index in [2.05, 4.69) is 15.3 Å². The van der Waals surface area contributed by atoms with Crippen LogP contribution >= 0.6 is 11.3 Å². The maximum atomic E-state index is 12.5. The highest BCUT2D eigenvalue weighted by Gasteiger charge is 2.22.